The second-order valence-electron chi connectivity index (χ2n) is 5.85. The summed E-state index contributed by atoms with van der Waals surface area (Å²) in [6.07, 6.45) is 1.84. The molecule has 2 aromatic rings. The van der Waals surface area contributed by atoms with E-state index in [0.29, 0.717) is 18.0 Å². The van der Waals surface area contributed by atoms with Crippen LogP contribution in [0.25, 0.3) is 0 Å². The molecule has 1 aromatic heterocycles. The van der Waals surface area contributed by atoms with Crippen LogP contribution in [-0.2, 0) is 11.3 Å². The van der Waals surface area contributed by atoms with E-state index in [1.165, 1.54) is 0 Å². The molecular formula is C17H21NO3. The number of rotatable bonds is 4. The molecule has 0 aliphatic rings. The van der Waals surface area contributed by atoms with Crippen LogP contribution in [0.3, 0.4) is 0 Å². The first-order valence-electron chi connectivity index (χ1n) is 6.91. The highest BCUT2D eigenvalue weighted by Crippen LogP contribution is 2.24. The summed E-state index contributed by atoms with van der Waals surface area (Å²) in [5.41, 5.74) is 1.01. The molecule has 0 bridgehead atoms. The first kappa shape index (κ1) is 15.2. The largest absolute Gasteiger partial charge is 0.494 e. The van der Waals surface area contributed by atoms with E-state index in [-0.39, 0.29) is 5.97 Å². The van der Waals surface area contributed by atoms with Gasteiger partial charge in [-0.25, -0.2) is 4.79 Å². The number of nitrogens with zero attached hydrogens (tertiary/aromatic N) is 1. The fourth-order valence-corrected chi connectivity index (χ4v) is 2.07. The molecule has 0 saturated carbocycles. The number of hydrogen-bond donors (Lipinski definition) is 0. The summed E-state index contributed by atoms with van der Waals surface area (Å²) in [5, 5.41) is 0. The molecular weight excluding hydrogens is 266 g/mol. The van der Waals surface area contributed by atoms with Crippen LogP contribution < -0.4 is 4.74 Å². The standard InChI is InChI=1S/C17H21NO3/c1-17(2,3)21-16(19)15-14(20-4)10-11-18(15)12-13-8-6-5-7-9-13/h5-11H,12H2,1-4H3. The van der Waals surface area contributed by atoms with Gasteiger partial charge in [-0.15, -0.1) is 0 Å². The van der Waals surface area contributed by atoms with Crippen molar-refractivity contribution in [2.24, 2.45) is 0 Å². The SMILES string of the molecule is COc1ccn(Cc2ccccc2)c1C(=O)OC(C)(C)C. The summed E-state index contributed by atoms with van der Waals surface area (Å²) >= 11 is 0. The van der Waals surface area contributed by atoms with E-state index in [0.717, 1.165) is 5.56 Å². The average Bonchev–Trinajstić information content (AvgIpc) is 2.81. The van der Waals surface area contributed by atoms with Gasteiger partial charge in [0.05, 0.1) is 7.11 Å². The lowest BCUT2D eigenvalue weighted by Crippen LogP contribution is -2.25. The normalized spacial score (nSPS) is 11.2. The lowest BCUT2D eigenvalue weighted by Gasteiger charge is -2.20. The van der Waals surface area contributed by atoms with Crippen molar-refractivity contribution in [3.05, 3.63) is 53.9 Å². The van der Waals surface area contributed by atoms with Crippen LogP contribution in [0.5, 0.6) is 5.75 Å². The highest BCUT2D eigenvalue weighted by atomic mass is 16.6. The van der Waals surface area contributed by atoms with Crippen LogP contribution in [0.15, 0.2) is 42.6 Å². The van der Waals surface area contributed by atoms with Gasteiger partial charge in [0, 0.05) is 12.7 Å². The van der Waals surface area contributed by atoms with Crippen molar-refractivity contribution in [1.82, 2.24) is 4.57 Å². The third-order valence-corrected chi connectivity index (χ3v) is 2.93. The molecule has 0 spiro atoms. The van der Waals surface area contributed by atoms with E-state index in [1.807, 2.05) is 61.9 Å². The lowest BCUT2D eigenvalue weighted by molar-refractivity contribution is 0.00550. The Morgan fingerprint density at radius 3 is 2.38 bits per heavy atom. The molecule has 0 unspecified atom stereocenters. The van der Waals surface area contributed by atoms with Crippen molar-refractivity contribution < 1.29 is 14.3 Å². The Hall–Kier alpha value is -2.23. The van der Waals surface area contributed by atoms with E-state index in [2.05, 4.69) is 0 Å². The summed E-state index contributed by atoms with van der Waals surface area (Å²) in [5.74, 6) is 0.153. The molecule has 0 aliphatic carbocycles. The average molecular weight is 287 g/mol. The van der Waals surface area contributed by atoms with Gasteiger partial charge in [-0.2, -0.15) is 0 Å². The van der Waals surface area contributed by atoms with Crippen molar-refractivity contribution in [3.8, 4) is 5.75 Å². The molecule has 0 atom stereocenters. The molecule has 0 amide bonds. The zero-order valence-electron chi connectivity index (χ0n) is 12.9. The molecule has 0 fully saturated rings. The second-order valence-corrected chi connectivity index (χ2v) is 5.85. The Balaban J connectivity index is 2.31. The van der Waals surface area contributed by atoms with Crippen LogP contribution in [-0.4, -0.2) is 23.2 Å². The van der Waals surface area contributed by atoms with E-state index in [4.69, 9.17) is 9.47 Å². The quantitative estimate of drug-likeness (QED) is 0.808. The molecule has 0 radical (unpaired) electrons. The fourth-order valence-electron chi connectivity index (χ4n) is 2.07. The first-order chi connectivity index (χ1) is 9.90. The number of carbonyl (C=O) groups is 1. The minimum atomic E-state index is -0.538. The van der Waals surface area contributed by atoms with E-state index in [9.17, 15) is 4.79 Å². The predicted octanol–water partition coefficient (Wildman–Crippen LogP) is 3.50. The van der Waals surface area contributed by atoms with Crippen molar-refractivity contribution in [3.63, 3.8) is 0 Å². The van der Waals surface area contributed by atoms with Crippen LogP contribution in [0.4, 0.5) is 0 Å². The van der Waals surface area contributed by atoms with E-state index < -0.39 is 5.60 Å². The molecule has 112 valence electrons. The van der Waals surface area contributed by atoms with Gasteiger partial charge < -0.3 is 14.0 Å². The number of ether oxygens (including phenoxy) is 2. The maximum Gasteiger partial charge on any atom is 0.359 e. The van der Waals surface area contributed by atoms with Crippen molar-refractivity contribution >= 4 is 5.97 Å². The molecule has 0 N–H and O–H groups in total. The summed E-state index contributed by atoms with van der Waals surface area (Å²) < 4.78 is 12.6. The Kier molecular flexibility index (Phi) is 4.36. The number of benzene rings is 1. The summed E-state index contributed by atoms with van der Waals surface area (Å²) in [6, 6.07) is 11.7. The molecule has 4 heteroatoms. The number of methoxy groups -OCH3 is 1. The smallest absolute Gasteiger partial charge is 0.359 e. The van der Waals surface area contributed by atoms with E-state index in [1.54, 1.807) is 13.2 Å². The Bertz CT molecular complexity index is 609. The van der Waals surface area contributed by atoms with Crippen molar-refractivity contribution in [2.45, 2.75) is 32.9 Å². The third kappa shape index (κ3) is 3.88. The van der Waals surface area contributed by atoms with Gasteiger partial charge in [0.1, 0.15) is 5.60 Å². The molecule has 1 aromatic carbocycles. The van der Waals surface area contributed by atoms with E-state index >= 15 is 0 Å². The molecule has 0 saturated heterocycles. The molecule has 2 rings (SSSR count). The van der Waals surface area contributed by atoms with Crippen molar-refractivity contribution in [2.75, 3.05) is 7.11 Å². The van der Waals surface area contributed by atoms with Crippen LogP contribution in [0.2, 0.25) is 0 Å². The Morgan fingerprint density at radius 2 is 1.81 bits per heavy atom. The summed E-state index contributed by atoms with van der Waals surface area (Å²) in [7, 11) is 1.55. The highest BCUT2D eigenvalue weighted by Gasteiger charge is 2.24. The molecule has 0 aliphatic heterocycles. The maximum atomic E-state index is 12.4. The summed E-state index contributed by atoms with van der Waals surface area (Å²) in [6.45, 7) is 6.14. The monoisotopic (exact) mass is 287 g/mol. The minimum absolute atomic E-state index is 0.375. The van der Waals surface area contributed by atoms with Gasteiger partial charge in [0.15, 0.2) is 11.4 Å². The van der Waals surface area contributed by atoms with Crippen LogP contribution in [0, 0.1) is 0 Å². The van der Waals surface area contributed by atoms with Crippen LogP contribution >= 0.6 is 0 Å². The first-order valence-corrected chi connectivity index (χ1v) is 6.91. The zero-order chi connectivity index (χ0) is 15.5. The molecule has 21 heavy (non-hydrogen) atoms. The number of carbonyl (C=O) groups excluding carboxylic acids is 1. The van der Waals surface area contributed by atoms with Gasteiger partial charge in [-0.05, 0) is 32.4 Å². The summed E-state index contributed by atoms with van der Waals surface area (Å²) in [4.78, 5) is 12.4. The minimum Gasteiger partial charge on any atom is -0.494 e. The molecule has 1 heterocycles. The third-order valence-electron chi connectivity index (χ3n) is 2.93. The van der Waals surface area contributed by atoms with Gasteiger partial charge in [0.25, 0.3) is 0 Å². The number of hydrogen-bond acceptors (Lipinski definition) is 3. The topological polar surface area (TPSA) is 40.5 Å². The lowest BCUT2D eigenvalue weighted by atomic mass is 10.2. The zero-order valence-corrected chi connectivity index (χ0v) is 12.9. The Morgan fingerprint density at radius 1 is 1.14 bits per heavy atom. The Labute approximate surface area is 125 Å². The van der Waals surface area contributed by atoms with Gasteiger partial charge in [-0.3, -0.25) is 0 Å². The predicted molar refractivity (Wildman–Crippen MR) is 81.7 cm³/mol. The van der Waals surface area contributed by atoms with Crippen molar-refractivity contribution in [1.29, 1.82) is 0 Å². The maximum absolute atomic E-state index is 12.4. The fraction of sp³-hybridized carbons (Fsp3) is 0.353. The number of esters is 1. The van der Waals surface area contributed by atoms with Gasteiger partial charge >= 0.3 is 5.97 Å². The second kappa shape index (κ2) is 6.04. The van der Waals surface area contributed by atoms with Crippen LogP contribution in [0.1, 0.15) is 36.8 Å². The van der Waals surface area contributed by atoms with Gasteiger partial charge in [-0.1, -0.05) is 30.3 Å². The molecule has 4 nitrogen and oxygen atoms in total. The number of aromatic nitrogens is 1. The van der Waals surface area contributed by atoms with Gasteiger partial charge in [0.2, 0.25) is 0 Å². The highest BCUT2D eigenvalue weighted by molar-refractivity contribution is 5.91.